The maximum atomic E-state index is 6.32. The molecule has 0 N–H and O–H groups in total. The Kier molecular flexibility index (Phi) is 3.52. The van der Waals surface area contributed by atoms with Crippen molar-refractivity contribution < 1.29 is 0 Å². The molecule has 2 heterocycles. The molecule has 102 valence electrons. The maximum absolute atomic E-state index is 6.32. The van der Waals surface area contributed by atoms with Gasteiger partial charge in [-0.05, 0) is 18.1 Å². The quantitative estimate of drug-likeness (QED) is 0.613. The van der Waals surface area contributed by atoms with Gasteiger partial charge >= 0.3 is 0 Å². The third kappa shape index (κ3) is 2.34. The van der Waals surface area contributed by atoms with Gasteiger partial charge in [0.25, 0.3) is 0 Å². The molecule has 2 aromatic heterocycles. The number of halogens is 2. The van der Waals surface area contributed by atoms with Crippen LogP contribution in [0.2, 0.25) is 5.15 Å². The SMILES string of the molecule is CC(C)c1cnn2c(Cl)cc(-c3cccc(Br)c3)nc12. The molecule has 0 unspecified atom stereocenters. The number of rotatable bonds is 2. The number of hydrogen-bond acceptors (Lipinski definition) is 2. The van der Waals surface area contributed by atoms with Crippen LogP contribution in [0.25, 0.3) is 16.9 Å². The van der Waals surface area contributed by atoms with E-state index < -0.39 is 0 Å². The summed E-state index contributed by atoms with van der Waals surface area (Å²) in [5.41, 5.74) is 3.80. The van der Waals surface area contributed by atoms with Crippen molar-refractivity contribution in [3.63, 3.8) is 0 Å². The first-order valence-electron chi connectivity index (χ1n) is 6.36. The summed E-state index contributed by atoms with van der Waals surface area (Å²) in [6.07, 6.45) is 1.84. The molecule has 0 atom stereocenters. The maximum Gasteiger partial charge on any atom is 0.160 e. The minimum atomic E-state index is 0.355. The molecule has 0 spiro atoms. The number of aromatic nitrogens is 3. The van der Waals surface area contributed by atoms with Crippen LogP contribution in [0.4, 0.5) is 0 Å². The van der Waals surface area contributed by atoms with Gasteiger partial charge in [-0.1, -0.05) is 53.5 Å². The first kappa shape index (κ1) is 13.6. The fourth-order valence-electron chi connectivity index (χ4n) is 2.15. The van der Waals surface area contributed by atoms with Crippen molar-refractivity contribution in [2.45, 2.75) is 19.8 Å². The smallest absolute Gasteiger partial charge is 0.160 e. The van der Waals surface area contributed by atoms with Gasteiger partial charge < -0.3 is 0 Å². The largest absolute Gasteiger partial charge is 0.228 e. The molecule has 1 aromatic carbocycles. The summed E-state index contributed by atoms with van der Waals surface area (Å²) in [5.74, 6) is 0.355. The first-order chi connectivity index (χ1) is 9.56. The highest BCUT2D eigenvalue weighted by molar-refractivity contribution is 9.10. The predicted molar refractivity (Wildman–Crippen MR) is 85.2 cm³/mol. The normalized spacial score (nSPS) is 11.4. The van der Waals surface area contributed by atoms with Crippen LogP contribution in [0, 0.1) is 0 Å². The summed E-state index contributed by atoms with van der Waals surface area (Å²) in [6, 6.07) is 9.86. The fourth-order valence-corrected chi connectivity index (χ4v) is 2.77. The molecular weight excluding hydrogens is 338 g/mol. The van der Waals surface area contributed by atoms with Gasteiger partial charge in [-0.2, -0.15) is 5.10 Å². The highest BCUT2D eigenvalue weighted by Crippen LogP contribution is 2.27. The van der Waals surface area contributed by atoms with Gasteiger partial charge in [0.15, 0.2) is 5.65 Å². The number of nitrogens with zero attached hydrogens (tertiary/aromatic N) is 3. The van der Waals surface area contributed by atoms with Crippen LogP contribution in [0.3, 0.4) is 0 Å². The average molecular weight is 351 g/mol. The highest BCUT2D eigenvalue weighted by Gasteiger charge is 2.13. The molecule has 0 amide bonds. The van der Waals surface area contributed by atoms with E-state index in [9.17, 15) is 0 Å². The minimum absolute atomic E-state index is 0.355. The molecule has 3 nitrogen and oxygen atoms in total. The van der Waals surface area contributed by atoms with E-state index in [1.165, 1.54) is 0 Å². The van der Waals surface area contributed by atoms with E-state index in [0.717, 1.165) is 26.9 Å². The topological polar surface area (TPSA) is 30.2 Å². The van der Waals surface area contributed by atoms with Crippen LogP contribution in [0.15, 0.2) is 41.0 Å². The number of fused-ring (bicyclic) bond motifs is 1. The Hall–Kier alpha value is -1.39. The van der Waals surface area contributed by atoms with E-state index in [4.69, 9.17) is 16.6 Å². The summed E-state index contributed by atoms with van der Waals surface area (Å²) < 4.78 is 2.70. The summed E-state index contributed by atoms with van der Waals surface area (Å²) in [5, 5.41) is 4.87. The second-order valence-corrected chi connectivity index (χ2v) is 6.27. The minimum Gasteiger partial charge on any atom is -0.228 e. The third-order valence-electron chi connectivity index (χ3n) is 3.20. The molecule has 0 aliphatic heterocycles. The van der Waals surface area contributed by atoms with Crippen LogP contribution in [-0.4, -0.2) is 14.6 Å². The summed E-state index contributed by atoms with van der Waals surface area (Å²) in [7, 11) is 0. The van der Waals surface area contributed by atoms with E-state index in [0.29, 0.717) is 11.1 Å². The Bertz CT molecular complexity index is 780. The third-order valence-corrected chi connectivity index (χ3v) is 3.96. The lowest BCUT2D eigenvalue weighted by molar-refractivity contribution is 0.872. The van der Waals surface area contributed by atoms with Crippen LogP contribution in [0.1, 0.15) is 25.3 Å². The lowest BCUT2D eigenvalue weighted by Gasteiger charge is -2.06. The van der Waals surface area contributed by atoms with Crippen molar-refractivity contribution in [3.05, 3.63) is 51.7 Å². The fraction of sp³-hybridized carbons (Fsp3) is 0.200. The summed E-state index contributed by atoms with van der Waals surface area (Å²) in [6.45, 7) is 4.25. The van der Waals surface area contributed by atoms with E-state index in [1.807, 2.05) is 36.5 Å². The van der Waals surface area contributed by atoms with E-state index in [2.05, 4.69) is 34.9 Å². The van der Waals surface area contributed by atoms with E-state index >= 15 is 0 Å². The van der Waals surface area contributed by atoms with Crippen molar-refractivity contribution in [1.82, 2.24) is 14.6 Å². The molecule has 0 radical (unpaired) electrons. The Balaban J connectivity index is 2.25. The Morgan fingerprint density at radius 1 is 1.25 bits per heavy atom. The zero-order chi connectivity index (χ0) is 14.3. The van der Waals surface area contributed by atoms with Crippen molar-refractivity contribution >= 4 is 33.2 Å². The zero-order valence-corrected chi connectivity index (χ0v) is 13.5. The molecule has 0 fully saturated rings. The van der Waals surface area contributed by atoms with Crippen LogP contribution in [-0.2, 0) is 0 Å². The Morgan fingerprint density at radius 2 is 2.05 bits per heavy atom. The second-order valence-electron chi connectivity index (χ2n) is 4.96. The molecule has 0 saturated carbocycles. The lowest BCUT2D eigenvalue weighted by atomic mass is 10.1. The predicted octanol–water partition coefficient (Wildman–Crippen LogP) is 4.94. The van der Waals surface area contributed by atoms with Gasteiger partial charge in [0.1, 0.15) is 5.15 Å². The molecule has 0 aliphatic carbocycles. The number of benzene rings is 1. The van der Waals surface area contributed by atoms with Gasteiger partial charge in [-0.15, -0.1) is 0 Å². The van der Waals surface area contributed by atoms with Crippen LogP contribution >= 0.6 is 27.5 Å². The van der Waals surface area contributed by atoms with Crippen molar-refractivity contribution in [2.75, 3.05) is 0 Å². The van der Waals surface area contributed by atoms with Crippen molar-refractivity contribution in [1.29, 1.82) is 0 Å². The molecular formula is C15H13BrClN3. The van der Waals surface area contributed by atoms with Gasteiger partial charge in [-0.3, -0.25) is 0 Å². The lowest BCUT2D eigenvalue weighted by Crippen LogP contribution is -1.96. The molecule has 3 aromatic rings. The molecule has 0 saturated heterocycles. The summed E-state index contributed by atoms with van der Waals surface area (Å²) >= 11 is 9.80. The molecule has 0 bridgehead atoms. The molecule has 0 aliphatic rings. The van der Waals surface area contributed by atoms with Gasteiger partial charge in [0.2, 0.25) is 0 Å². The standard InChI is InChI=1S/C15H13BrClN3/c1-9(2)12-8-18-20-14(17)7-13(19-15(12)20)10-4-3-5-11(16)6-10/h3-9H,1-2H3. The summed E-state index contributed by atoms with van der Waals surface area (Å²) in [4.78, 5) is 4.72. The molecule has 5 heteroatoms. The van der Waals surface area contributed by atoms with Gasteiger partial charge in [0, 0.05) is 21.7 Å². The molecule has 3 rings (SSSR count). The van der Waals surface area contributed by atoms with Gasteiger partial charge in [0.05, 0.1) is 11.9 Å². The highest BCUT2D eigenvalue weighted by atomic mass is 79.9. The zero-order valence-electron chi connectivity index (χ0n) is 11.1. The number of hydrogen-bond donors (Lipinski definition) is 0. The van der Waals surface area contributed by atoms with Crippen LogP contribution in [0.5, 0.6) is 0 Å². The first-order valence-corrected chi connectivity index (χ1v) is 7.53. The van der Waals surface area contributed by atoms with E-state index in [-0.39, 0.29) is 0 Å². The average Bonchev–Trinajstić information content (AvgIpc) is 2.83. The molecule has 20 heavy (non-hydrogen) atoms. The second kappa shape index (κ2) is 5.19. The van der Waals surface area contributed by atoms with Crippen LogP contribution < -0.4 is 0 Å². The van der Waals surface area contributed by atoms with Crippen molar-refractivity contribution in [2.24, 2.45) is 0 Å². The Morgan fingerprint density at radius 3 is 2.75 bits per heavy atom. The van der Waals surface area contributed by atoms with Gasteiger partial charge in [-0.25, -0.2) is 9.50 Å². The monoisotopic (exact) mass is 349 g/mol. The Labute approximate surface area is 130 Å². The van der Waals surface area contributed by atoms with E-state index in [1.54, 1.807) is 4.52 Å². The van der Waals surface area contributed by atoms with Crippen molar-refractivity contribution in [3.8, 4) is 11.3 Å².